The van der Waals surface area contributed by atoms with Crippen LogP contribution in [0.2, 0.25) is 0 Å². The summed E-state index contributed by atoms with van der Waals surface area (Å²) in [7, 11) is -7.99. The van der Waals surface area contributed by atoms with E-state index < -0.39 is 25.1 Å². The number of benzene rings is 6. The van der Waals surface area contributed by atoms with Crippen molar-refractivity contribution < 1.29 is 30.7 Å². The molecule has 0 unspecified atom stereocenters. The van der Waals surface area contributed by atoms with Gasteiger partial charge in [-0.15, -0.1) is 0 Å². The van der Waals surface area contributed by atoms with Crippen LogP contribution < -0.4 is 15.4 Å². The molecule has 3 N–H and O–H groups in total. The van der Waals surface area contributed by atoms with Gasteiger partial charge in [0.15, 0.2) is 0 Å². The lowest BCUT2D eigenvalue weighted by molar-refractivity contribution is 0.415. The number of anilines is 2. The lowest BCUT2D eigenvalue weighted by atomic mass is 10.0. The summed E-state index contributed by atoms with van der Waals surface area (Å²) in [6.45, 7) is 0. The van der Waals surface area contributed by atoms with Crippen LogP contribution in [0.5, 0.6) is 5.75 Å². The minimum absolute atomic E-state index is 0.0406. The topological polar surface area (TPSA) is 160 Å². The van der Waals surface area contributed by atoms with E-state index >= 15 is 0 Å². The van der Waals surface area contributed by atoms with E-state index in [0.29, 0.717) is 50.6 Å². The fraction of sp³-hybridized carbons (Fsp3) is 0.0286. The van der Waals surface area contributed by atoms with Gasteiger partial charge in [0.05, 0.1) is 46.3 Å². The monoisotopic (exact) mass is 678 g/mol. The van der Waals surface area contributed by atoms with Gasteiger partial charge in [-0.2, -0.15) is 16.8 Å². The second-order valence-corrected chi connectivity index (χ2v) is 13.6. The highest BCUT2D eigenvalue weighted by atomic mass is 32.2. The first-order chi connectivity index (χ1) is 23.0. The number of nitrogens with one attached hydrogen (secondary N) is 1. The van der Waals surface area contributed by atoms with Crippen molar-refractivity contribution in [3.8, 4) is 22.8 Å². The van der Waals surface area contributed by atoms with Gasteiger partial charge in [0.25, 0.3) is 20.2 Å². The summed E-state index contributed by atoms with van der Waals surface area (Å²) < 4.78 is 78.6. The lowest BCUT2D eigenvalue weighted by Gasteiger charge is -2.22. The molecule has 240 valence electrons. The second kappa shape index (κ2) is 11.9. The molecule has 1 heterocycles. The summed E-state index contributed by atoms with van der Waals surface area (Å²) >= 11 is 0. The number of hydrogen-bond donors (Lipinski definition) is 3. The van der Waals surface area contributed by atoms with Gasteiger partial charge >= 0.3 is 0 Å². The third kappa shape index (κ3) is 5.75. The summed E-state index contributed by atoms with van der Waals surface area (Å²) in [4.78, 5) is 8.62. The number of para-hydroxylation sites is 2. The van der Waals surface area contributed by atoms with Crippen LogP contribution in [0, 0.1) is 0 Å². The molecule has 0 saturated heterocycles. The van der Waals surface area contributed by atoms with Crippen molar-refractivity contribution in [1.29, 1.82) is 0 Å². The van der Waals surface area contributed by atoms with Crippen LogP contribution >= 0.6 is 0 Å². The van der Waals surface area contributed by atoms with E-state index in [1.807, 2.05) is 65.2 Å². The second-order valence-electron chi connectivity index (χ2n) is 10.8. The first-order valence-corrected chi connectivity index (χ1v) is 17.4. The van der Waals surface area contributed by atoms with Gasteiger partial charge in [-0.3, -0.25) is 9.11 Å². The fourth-order valence-electron chi connectivity index (χ4n) is 5.73. The first kappa shape index (κ1) is 31.0. The fourth-order valence-corrected chi connectivity index (χ4v) is 7.09. The van der Waals surface area contributed by atoms with Crippen molar-refractivity contribution in [2.75, 3.05) is 12.4 Å². The number of ether oxygens (including phenoxy) is 1. The summed E-state index contributed by atoms with van der Waals surface area (Å²) in [5.74, 6) is 0.507. The number of methoxy groups -OCH3 is 1. The average Bonchev–Trinajstić information content (AvgIpc) is 3.07. The van der Waals surface area contributed by atoms with E-state index in [-0.39, 0.29) is 21.3 Å². The van der Waals surface area contributed by atoms with E-state index in [1.165, 1.54) is 31.4 Å². The first-order valence-electron chi connectivity index (χ1n) is 14.5. The molecule has 48 heavy (non-hydrogen) atoms. The molecule has 0 radical (unpaired) electrons. The molecule has 5 aromatic rings. The largest absolute Gasteiger partial charge is 0.497 e. The van der Waals surface area contributed by atoms with Crippen LogP contribution in [0.25, 0.3) is 38.9 Å². The standard InChI is InChI=1S/C35H26N4O7S2/c1-46-25-15-8-12-23(18-25)37-28-19-30-27(21-33(28)48(43,44)45)38-35-26-16-9-17-32(47(40,41)42)34(26)29(36-22-10-4-2-5-11-22)20-31(35)39(30)24-13-6-3-7-14-24/h2-21,36H,1H3,(H,40,41,42)(H,43,44,45). The maximum atomic E-state index is 12.7. The maximum absolute atomic E-state index is 12.7. The predicted molar refractivity (Wildman–Crippen MR) is 183 cm³/mol. The van der Waals surface area contributed by atoms with Gasteiger partial charge in [-0.1, -0.05) is 54.6 Å². The minimum Gasteiger partial charge on any atom is -0.497 e. The smallest absolute Gasteiger partial charge is 0.296 e. The Morgan fingerprint density at radius 2 is 1.44 bits per heavy atom. The molecule has 0 atom stereocenters. The zero-order chi connectivity index (χ0) is 33.6. The Bertz CT molecular complexity index is 2630. The Labute approximate surface area is 275 Å². The molecule has 1 aliphatic carbocycles. The van der Waals surface area contributed by atoms with Gasteiger partial charge in [0.2, 0.25) is 0 Å². The van der Waals surface area contributed by atoms with Crippen LogP contribution in [-0.2, 0) is 20.2 Å². The summed E-state index contributed by atoms with van der Waals surface area (Å²) in [6.07, 6.45) is 0. The number of nitrogens with zero attached hydrogens (tertiary/aromatic N) is 3. The van der Waals surface area contributed by atoms with Crippen molar-refractivity contribution in [1.82, 2.24) is 9.55 Å². The molecular weight excluding hydrogens is 653 g/mol. The Kier molecular flexibility index (Phi) is 7.68. The molecule has 2 aliphatic rings. The van der Waals surface area contributed by atoms with Crippen LogP contribution in [0.1, 0.15) is 0 Å². The molecule has 5 aromatic carbocycles. The lowest BCUT2D eigenvalue weighted by Crippen LogP contribution is -2.18. The normalized spacial score (nSPS) is 12.5. The number of hydrogen-bond acceptors (Lipinski definition) is 8. The molecule has 0 fully saturated rings. The molecule has 1 aliphatic heterocycles. The number of rotatable bonds is 7. The van der Waals surface area contributed by atoms with E-state index in [0.717, 1.165) is 0 Å². The van der Waals surface area contributed by atoms with Gasteiger partial charge in [-0.05, 0) is 60.7 Å². The molecule has 0 bridgehead atoms. The van der Waals surface area contributed by atoms with Gasteiger partial charge < -0.3 is 14.6 Å². The van der Waals surface area contributed by atoms with E-state index in [1.54, 1.807) is 36.4 Å². The van der Waals surface area contributed by atoms with Crippen molar-refractivity contribution in [2.24, 2.45) is 4.99 Å². The highest BCUT2D eigenvalue weighted by Crippen LogP contribution is 2.40. The van der Waals surface area contributed by atoms with E-state index in [2.05, 4.69) is 10.3 Å². The summed E-state index contributed by atoms with van der Waals surface area (Å²) in [5.41, 5.74) is 3.56. The molecule has 11 nitrogen and oxygen atoms in total. The molecule has 0 spiro atoms. The highest BCUT2D eigenvalue weighted by Gasteiger charge is 2.25. The molecule has 13 heteroatoms. The Hall–Kier alpha value is -5.60. The Morgan fingerprint density at radius 3 is 2.12 bits per heavy atom. The van der Waals surface area contributed by atoms with Crippen molar-refractivity contribution in [3.63, 3.8) is 0 Å². The highest BCUT2D eigenvalue weighted by molar-refractivity contribution is 7.86. The SMILES string of the molecule is COc1cccc(N=c2cc3n(-c4ccccc4)c4cc(Nc5ccccc5)c5c(S(=O)(=O)O)cccc5c4nc-3cc2S(=O)(=O)O)c1. The molecule has 0 saturated carbocycles. The van der Waals surface area contributed by atoms with Crippen molar-refractivity contribution in [3.05, 3.63) is 127 Å². The maximum Gasteiger partial charge on any atom is 0.296 e. The van der Waals surface area contributed by atoms with Crippen LogP contribution in [0.4, 0.5) is 17.1 Å². The van der Waals surface area contributed by atoms with Crippen LogP contribution in [0.3, 0.4) is 0 Å². The van der Waals surface area contributed by atoms with Crippen LogP contribution in [-0.4, -0.2) is 42.6 Å². The van der Waals surface area contributed by atoms with Gasteiger partial charge in [0.1, 0.15) is 15.5 Å². The Balaban J connectivity index is 1.68. The third-order valence-corrected chi connectivity index (χ3v) is 9.55. The Morgan fingerprint density at radius 1 is 0.750 bits per heavy atom. The van der Waals surface area contributed by atoms with Crippen molar-refractivity contribution >= 4 is 59.1 Å². The molecule has 0 amide bonds. The van der Waals surface area contributed by atoms with Gasteiger partial charge in [-0.25, -0.2) is 9.98 Å². The van der Waals surface area contributed by atoms with Crippen LogP contribution in [0.15, 0.2) is 136 Å². The van der Waals surface area contributed by atoms with Crippen molar-refractivity contribution in [2.45, 2.75) is 9.79 Å². The third-order valence-electron chi connectivity index (χ3n) is 7.77. The zero-order valence-electron chi connectivity index (χ0n) is 25.1. The quantitative estimate of drug-likeness (QED) is 0.0940. The minimum atomic E-state index is -4.80. The van der Waals surface area contributed by atoms with Gasteiger partial charge in [0, 0.05) is 28.2 Å². The van der Waals surface area contributed by atoms with E-state index in [4.69, 9.17) is 9.72 Å². The number of fused-ring (bicyclic) bond motifs is 4. The summed E-state index contributed by atoms with van der Waals surface area (Å²) in [6, 6.07) is 34.1. The molecular formula is C35H26N4O7S2. The molecule has 7 rings (SSSR count). The van der Waals surface area contributed by atoms with E-state index in [9.17, 15) is 25.9 Å². The number of aromatic nitrogens is 2. The predicted octanol–water partition coefficient (Wildman–Crippen LogP) is 6.76. The average molecular weight is 679 g/mol. The zero-order valence-corrected chi connectivity index (χ0v) is 26.8. The summed E-state index contributed by atoms with van der Waals surface area (Å²) in [5, 5.41) is 3.81. The molecule has 0 aromatic heterocycles.